The van der Waals surface area contributed by atoms with Crippen LogP contribution >= 0.6 is 0 Å². The predicted octanol–water partition coefficient (Wildman–Crippen LogP) is 2.73. The molecule has 0 aliphatic carbocycles. The van der Waals surface area contributed by atoms with E-state index in [2.05, 4.69) is 5.10 Å². The van der Waals surface area contributed by atoms with Gasteiger partial charge in [0.15, 0.2) is 5.69 Å². The van der Waals surface area contributed by atoms with E-state index in [9.17, 15) is 22.4 Å². The molecule has 100 valence electrons. The van der Waals surface area contributed by atoms with Crippen molar-refractivity contribution in [1.29, 1.82) is 0 Å². The Morgan fingerprint density at radius 2 is 1.95 bits per heavy atom. The smallest absolute Gasteiger partial charge is 0.435 e. The third kappa shape index (κ3) is 2.42. The van der Waals surface area contributed by atoms with Gasteiger partial charge in [-0.25, -0.2) is 13.9 Å². The van der Waals surface area contributed by atoms with Crippen LogP contribution in [0, 0.1) is 5.82 Å². The number of hydrogen-bond donors (Lipinski definition) is 1. The maximum Gasteiger partial charge on any atom is 0.435 e. The van der Waals surface area contributed by atoms with Crippen molar-refractivity contribution in [3.05, 3.63) is 47.5 Å². The summed E-state index contributed by atoms with van der Waals surface area (Å²) in [5.74, 6) is -2.43. The van der Waals surface area contributed by atoms with Crippen molar-refractivity contribution in [1.82, 2.24) is 9.78 Å². The molecule has 8 heteroatoms. The summed E-state index contributed by atoms with van der Waals surface area (Å²) >= 11 is 0. The van der Waals surface area contributed by atoms with Crippen LogP contribution in [0.3, 0.4) is 0 Å². The zero-order chi connectivity index (χ0) is 14.2. The Morgan fingerprint density at radius 3 is 2.47 bits per heavy atom. The molecule has 0 aliphatic heterocycles. The van der Waals surface area contributed by atoms with E-state index in [-0.39, 0.29) is 0 Å². The third-order valence-electron chi connectivity index (χ3n) is 2.33. The molecule has 0 spiro atoms. The number of alkyl halides is 3. The highest BCUT2D eigenvalue weighted by molar-refractivity contribution is 5.91. The van der Waals surface area contributed by atoms with Crippen LogP contribution in [0.15, 0.2) is 30.5 Å². The Kier molecular flexibility index (Phi) is 3.01. The molecular weight excluding hydrogens is 268 g/mol. The van der Waals surface area contributed by atoms with Gasteiger partial charge in [-0.15, -0.1) is 0 Å². The average Bonchev–Trinajstić information content (AvgIpc) is 2.77. The molecule has 0 aliphatic rings. The van der Waals surface area contributed by atoms with Crippen molar-refractivity contribution in [2.75, 3.05) is 0 Å². The van der Waals surface area contributed by atoms with E-state index in [1.54, 1.807) is 0 Å². The number of hydrogen-bond acceptors (Lipinski definition) is 2. The second kappa shape index (κ2) is 4.38. The van der Waals surface area contributed by atoms with Gasteiger partial charge in [0.25, 0.3) is 0 Å². The Bertz CT molecular complexity index is 634. The standard InChI is InChI=1S/C11H6F4N2O2/c12-7-3-1-2-6(10(18)19)9(7)17-5-4-8(16-17)11(13,14)15/h1-5H,(H,18,19). The monoisotopic (exact) mass is 274 g/mol. The van der Waals surface area contributed by atoms with E-state index in [0.29, 0.717) is 10.7 Å². The minimum absolute atomic E-state index is 0.475. The summed E-state index contributed by atoms with van der Waals surface area (Å²) in [6.45, 7) is 0. The maximum atomic E-state index is 13.6. The number of carboxylic acids is 1. The molecule has 4 nitrogen and oxygen atoms in total. The lowest BCUT2D eigenvalue weighted by atomic mass is 10.1. The first-order chi connectivity index (χ1) is 8.80. The van der Waals surface area contributed by atoms with Crippen LogP contribution in [0.25, 0.3) is 5.69 Å². The van der Waals surface area contributed by atoms with E-state index >= 15 is 0 Å². The minimum atomic E-state index is -4.68. The van der Waals surface area contributed by atoms with Crippen LogP contribution in [0.2, 0.25) is 0 Å². The summed E-state index contributed by atoms with van der Waals surface area (Å²) < 4.78 is 51.3. The van der Waals surface area contributed by atoms with Gasteiger partial charge < -0.3 is 5.11 Å². The molecule has 19 heavy (non-hydrogen) atoms. The van der Waals surface area contributed by atoms with Gasteiger partial charge in [-0.2, -0.15) is 18.3 Å². The largest absolute Gasteiger partial charge is 0.478 e. The van der Waals surface area contributed by atoms with Gasteiger partial charge in [0.1, 0.15) is 11.5 Å². The fraction of sp³-hybridized carbons (Fsp3) is 0.0909. The lowest BCUT2D eigenvalue weighted by molar-refractivity contribution is -0.141. The average molecular weight is 274 g/mol. The van der Waals surface area contributed by atoms with E-state index in [1.165, 1.54) is 0 Å². The number of carbonyl (C=O) groups is 1. The molecule has 1 aromatic carbocycles. The van der Waals surface area contributed by atoms with Crippen molar-refractivity contribution >= 4 is 5.97 Å². The zero-order valence-electron chi connectivity index (χ0n) is 9.15. The molecule has 0 atom stereocenters. The lowest BCUT2D eigenvalue weighted by Gasteiger charge is -2.07. The van der Waals surface area contributed by atoms with Gasteiger partial charge >= 0.3 is 12.1 Å². The van der Waals surface area contributed by atoms with Gasteiger partial charge in [0, 0.05) is 6.20 Å². The first kappa shape index (κ1) is 13.1. The van der Waals surface area contributed by atoms with Crippen LogP contribution in [0.1, 0.15) is 16.1 Å². The summed E-state index contributed by atoms with van der Waals surface area (Å²) in [6, 6.07) is 3.81. The van der Waals surface area contributed by atoms with Crippen LogP contribution in [-0.4, -0.2) is 20.9 Å². The van der Waals surface area contributed by atoms with E-state index in [0.717, 1.165) is 24.4 Å². The Hall–Kier alpha value is -2.38. The fourth-order valence-electron chi connectivity index (χ4n) is 1.52. The van der Waals surface area contributed by atoms with E-state index in [1.807, 2.05) is 0 Å². The van der Waals surface area contributed by atoms with Gasteiger partial charge in [0.05, 0.1) is 5.56 Å². The SMILES string of the molecule is O=C(O)c1cccc(F)c1-n1ccc(C(F)(F)F)n1. The molecule has 1 N–H and O–H groups in total. The lowest BCUT2D eigenvalue weighted by Crippen LogP contribution is -2.11. The highest BCUT2D eigenvalue weighted by Gasteiger charge is 2.34. The molecule has 0 radical (unpaired) electrons. The van der Waals surface area contributed by atoms with Crippen molar-refractivity contribution in [3.8, 4) is 5.69 Å². The number of carboxylic acid groups (broad SMARTS) is 1. The summed E-state index contributed by atoms with van der Waals surface area (Å²) in [5, 5.41) is 12.0. The first-order valence-corrected chi connectivity index (χ1v) is 4.96. The highest BCUT2D eigenvalue weighted by atomic mass is 19.4. The molecule has 0 bridgehead atoms. The molecule has 1 heterocycles. The topological polar surface area (TPSA) is 55.1 Å². The number of para-hydroxylation sites is 1. The molecule has 2 rings (SSSR count). The van der Waals surface area contributed by atoms with Crippen LogP contribution in [0.4, 0.5) is 17.6 Å². The number of nitrogens with zero attached hydrogens (tertiary/aromatic N) is 2. The molecule has 0 fully saturated rings. The molecule has 1 aromatic heterocycles. The van der Waals surface area contributed by atoms with Crippen molar-refractivity contribution in [2.45, 2.75) is 6.18 Å². The number of halogens is 4. The first-order valence-electron chi connectivity index (χ1n) is 4.96. The van der Waals surface area contributed by atoms with Crippen molar-refractivity contribution in [2.24, 2.45) is 0 Å². The zero-order valence-corrected chi connectivity index (χ0v) is 9.15. The maximum absolute atomic E-state index is 13.6. The second-order valence-corrected chi connectivity index (χ2v) is 3.58. The van der Waals surface area contributed by atoms with Crippen LogP contribution < -0.4 is 0 Å². The summed E-state index contributed by atoms with van der Waals surface area (Å²) in [7, 11) is 0. The van der Waals surface area contributed by atoms with Crippen molar-refractivity contribution in [3.63, 3.8) is 0 Å². The quantitative estimate of drug-likeness (QED) is 0.857. The van der Waals surface area contributed by atoms with E-state index in [4.69, 9.17) is 5.11 Å². The number of aromatic nitrogens is 2. The molecule has 0 saturated carbocycles. The normalized spacial score (nSPS) is 11.6. The number of rotatable bonds is 2. The van der Waals surface area contributed by atoms with Crippen molar-refractivity contribution < 1.29 is 27.5 Å². The van der Waals surface area contributed by atoms with Crippen LogP contribution in [-0.2, 0) is 6.18 Å². The molecule has 0 saturated heterocycles. The Labute approximate surface area is 103 Å². The van der Waals surface area contributed by atoms with Crippen LogP contribution in [0.5, 0.6) is 0 Å². The van der Waals surface area contributed by atoms with Gasteiger partial charge in [0.2, 0.25) is 0 Å². The van der Waals surface area contributed by atoms with Gasteiger partial charge in [-0.1, -0.05) is 6.07 Å². The summed E-state index contributed by atoms with van der Waals surface area (Å²) in [4.78, 5) is 10.9. The predicted molar refractivity (Wildman–Crippen MR) is 55.5 cm³/mol. The summed E-state index contributed by atoms with van der Waals surface area (Å²) in [6.07, 6.45) is -3.83. The molecule has 2 aromatic rings. The Morgan fingerprint density at radius 1 is 1.26 bits per heavy atom. The number of benzene rings is 1. The third-order valence-corrected chi connectivity index (χ3v) is 2.33. The summed E-state index contributed by atoms with van der Waals surface area (Å²) in [5.41, 5.74) is -2.24. The highest BCUT2D eigenvalue weighted by Crippen LogP contribution is 2.28. The molecular formula is C11H6F4N2O2. The second-order valence-electron chi connectivity index (χ2n) is 3.58. The molecule has 0 amide bonds. The van der Waals surface area contributed by atoms with Gasteiger partial charge in [-0.05, 0) is 18.2 Å². The number of aromatic carboxylic acids is 1. The van der Waals surface area contributed by atoms with E-state index < -0.39 is 34.9 Å². The van der Waals surface area contributed by atoms with Gasteiger partial charge in [-0.3, -0.25) is 0 Å². The molecule has 0 unspecified atom stereocenters. The fourth-order valence-corrected chi connectivity index (χ4v) is 1.52. The minimum Gasteiger partial charge on any atom is -0.478 e. The Balaban J connectivity index is 2.59.